The van der Waals surface area contributed by atoms with Gasteiger partial charge in [-0.05, 0) is 19.9 Å². The van der Waals surface area contributed by atoms with E-state index < -0.39 is 0 Å². The minimum atomic E-state index is -0.0543. The molecule has 2 heterocycles. The Bertz CT molecular complexity index is 416. The summed E-state index contributed by atoms with van der Waals surface area (Å²) < 4.78 is 5.46. The maximum Gasteiger partial charge on any atom is 0.243 e. The number of hydrogen-bond acceptors (Lipinski definition) is 5. The molecule has 1 aliphatic rings. The van der Waals surface area contributed by atoms with Crippen molar-refractivity contribution in [2.75, 3.05) is 32.7 Å². The molecule has 1 aliphatic heterocycles. The van der Waals surface area contributed by atoms with E-state index in [4.69, 9.17) is 4.52 Å². The highest BCUT2D eigenvalue weighted by molar-refractivity contribution is 5.02. The topological polar surface area (TPSA) is 45.4 Å². The van der Waals surface area contributed by atoms with E-state index in [9.17, 15) is 0 Å². The Balaban J connectivity index is 1.95. The highest BCUT2D eigenvalue weighted by Gasteiger charge is 2.27. The highest BCUT2D eigenvalue weighted by Crippen LogP contribution is 2.24. The minimum Gasteiger partial charge on any atom is -0.338 e. The summed E-state index contributed by atoms with van der Waals surface area (Å²) in [6.45, 7) is 16.4. The van der Waals surface area contributed by atoms with E-state index in [0.717, 1.165) is 37.9 Å². The monoisotopic (exact) mass is 280 g/mol. The van der Waals surface area contributed by atoms with E-state index in [1.807, 2.05) is 0 Å². The molecular formula is C15H28N4O. The van der Waals surface area contributed by atoms with Crippen molar-refractivity contribution >= 4 is 0 Å². The summed E-state index contributed by atoms with van der Waals surface area (Å²) in [5.41, 5.74) is -0.0543. The van der Waals surface area contributed by atoms with Crippen molar-refractivity contribution in [1.29, 1.82) is 0 Å². The number of nitrogens with zero attached hydrogens (tertiary/aromatic N) is 4. The van der Waals surface area contributed by atoms with Gasteiger partial charge in [0.25, 0.3) is 0 Å². The quantitative estimate of drug-likeness (QED) is 0.847. The SMILES string of the molecule is CCCN1CCN([C@@H](C)c2nc(C(C)(C)C)no2)CC1. The summed E-state index contributed by atoms with van der Waals surface area (Å²) >= 11 is 0. The first-order valence-electron chi connectivity index (χ1n) is 7.72. The summed E-state index contributed by atoms with van der Waals surface area (Å²) in [5, 5.41) is 4.12. The Kier molecular flexibility index (Phi) is 4.81. The van der Waals surface area contributed by atoms with Gasteiger partial charge in [0.1, 0.15) is 0 Å². The maximum absolute atomic E-state index is 5.46. The second-order valence-corrected chi connectivity index (χ2v) is 6.76. The van der Waals surface area contributed by atoms with Crippen molar-refractivity contribution in [3.8, 4) is 0 Å². The van der Waals surface area contributed by atoms with Crippen LogP contribution >= 0.6 is 0 Å². The van der Waals surface area contributed by atoms with E-state index in [1.165, 1.54) is 13.0 Å². The average molecular weight is 280 g/mol. The van der Waals surface area contributed by atoms with Crippen molar-refractivity contribution in [2.24, 2.45) is 0 Å². The van der Waals surface area contributed by atoms with Crippen LogP contribution in [0.3, 0.4) is 0 Å². The van der Waals surface area contributed by atoms with Crippen LogP contribution in [0.5, 0.6) is 0 Å². The van der Waals surface area contributed by atoms with E-state index in [1.54, 1.807) is 0 Å². The van der Waals surface area contributed by atoms with Crippen LogP contribution in [-0.4, -0.2) is 52.7 Å². The first-order valence-corrected chi connectivity index (χ1v) is 7.72. The first-order chi connectivity index (χ1) is 9.41. The Morgan fingerprint density at radius 1 is 1.20 bits per heavy atom. The molecular weight excluding hydrogens is 252 g/mol. The fourth-order valence-electron chi connectivity index (χ4n) is 2.56. The lowest BCUT2D eigenvalue weighted by atomic mass is 9.96. The summed E-state index contributed by atoms with van der Waals surface area (Å²) in [6, 6.07) is 0.211. The van der Waals surface area contributed by atoms with Crippen LogP contribution in [0.2, 0.25) is 0 Å². The molecule has 0 amide bonds. The molecule has 0 aliphatic carbocycles. The van der Waals surface area contributed by atoms with Crippen LogP contribution in [-0.2, 0) is 5.41 Å². The van der Waals surface area contributed by atoms with Crippen molar-refractivity contribution in [2.45, 2.75) is 52.5 Å². The van der Waals surface area contributed by atoms with Gasteiger partial charge in [-0.2, -0.15) is 4.98 Å². The Hall–Kier alpha value is -0.940. The molecule has 20 heavy (non-hydrogen) atoms. The smallest absolute Gasteiger partial charge is 0.243 e. The Morgan fingerprint density at radius 2 is 1.85 bits per heavy atom. The van der Waals surface area contributed by atoms with Gasteiger partial charge in [0.2, 0.25) is 5.89 Å². The van der Waals surface area contributed by atoms with Gasteiger partial charge in [0, 0.05) is 31.6 Å². The van der Waals surface area contributed by atoms with Gasteiger partial charge in [-0.15, -0.1) is 0 Å². The van der Waals surface area contributed by atoms with Gasteiger partial charge in [-0.1, -0.05) is 32.9 Å². The molecule has 1 fully saturated rings. The first kappa shape index (κ1) is 15.4. The standard InChI is InChI=1S/C15H28N4O/c1-6-7-18-8-10-19(11-9-18)12(2)13-16-14(17-20-13)15(3,4)5/h12H,6-11H2,1-5H3/t12-/m0/s1. The van der Waals surface area contributed by atoms with Gasteiger partial charge < -0.3 is 9.42 Å². The molecule has 0 unspecified atom stereocenters. The second-order valence-electron chi connectivity index (χ2n) is 6.76. The van der Waals surface area contributed by atoms with Gasteiger partial charge in [-0.3, -0.25) is 4.90 Å². The average Bonchev–Trinajstić information content (AvgIpc) is 2.89. The summed E-state index contributed by atoms with van der Waals surface area (Å²) in [5.74, 6) is 1.54. The third kappa shape index (κ3) is 3.58. The summed E-state index contributed by atoms with van der Waals surface area (Å²) in [4.78, 5) is 9.54. The molecule has 2 rings (SSSR count). The number of piperazine rings is 1. The lowest BCUT2D eigenvalue weighted by Crippen LogP contribution is -2.47. The lowest BCUT2D eigenvalue weighted by molar-refractivity contribution is 0.0884. The van der Waals surface area contributed by atoms with E-state index >= 15 is 0 Å². The molecule has 5 heteroatoms. The molecule has 0 radical (unpaired) electrons. The predicted octanol–water partition coefficient (Wildman–Crippen LogP) is 2.46. The van der Waals surface area contributed by atoms with E-state index in [0.29, 0.717) is 0 Å². The number of rotatable bonds is 4. The van der Waals surface area contributed by atoms with Crippen molar-refractivity contribution < 1.29 is 4.52 Å². The van der Waals surface area contributed by atoms with Crippen LogP contribution in [0, 0.1) is 0 Å². The minimum absolute atomic E-state index is 0.0543. The lowest BCUT2D eigenvalue weighted by Gasteiger charge is -2.36. The molecule has 0 N–H and O–H groups in total. The normalized spacial score (nSPS) is 20.2. The number of aromatic nitrogens is 2. The number of hydrogen-bond donors (Lipinski definition) is 0. The molecule has 0 spiro atoms. The van der Waals surface area contributed by atoms with Gasteiger partial charge in [0.05, 0.1) is 6.04 Å². The van der Waals surface area contributed by atoms with E-state index in [-0.39, 0.29) is 11.5 Å². The third-order valence-electron chi connectivity index (χ3n) is 3.96. The largest absolute Gasteiger partial charge is 0.338 e. The van der Waals surface area contributed by atoms with Crippen molar-refractivity contribution in [3.05, 3.63) is 11.7 Å². The molecule has 0 aromatic carbocycles. The van der Waals surface area contributed by atoms with Crippen LogP contribution in [0.4, 0.5) is 0 Å². The zero-order valence-electron chi connectivity index (χ0n) is 13.5. The maximum atomic E-state index is 5.46. The highest BCUT2D eigenvalue weighted by atomic mass is 16.5. The molecule has 5 nitrogen and oxygen atoms in total. The molecule has 0 bridgehead atoms. The van der Waals surface area contributed by atoms with Gasteiger partial charge in [0.15, 0.2) is 5.82 Å². The Labute approximate surface area is 122 Å². The molecule has 1 aromatic heterocycles. The van der Waals surface area contributed by atoms with Gasteiger partial charge in [-0.25, -0.2) is 0 Å². The molecule has 1 atom stereocenters. The second kappa shape index (κ2) is 6.22. The van der Waals surface area contributed by atoms with Crippen LogP contribution in [0.25, 0.3) is 0 Å². The fourth-order valence-corrected chi connectivity index (χ4v) is 2.56. The van der Waals surface area contributed by atoms with Crippen molar-refractivity contribution in [1.82, 2.24) is 19.9 Å². The zero-order valence-corrected chi connectivity index (χ0v) is 13.5. The summed E-state index contributed by atoms with van der Waals surface area (Å²) in [6.07, 6.45) is 1.23. The fraction of sp³-hybridized carbons (Fsp3) is 0.867. The van der Waals surface area contributed by atoms with Crippen molar-refractivity contribution in [3.63, 3.8) is 0 Å². The predicted molar refractivity (Wildman–Crippen MR) is 79.7 cm³/mol. The third-order valence-corrected chi connectivity index (χ3v) is 3.96. The molecule has 114 valence electrons. The molecule has 1 saturated heterocycles. The van der Waals surface area contributed by atoms with Crippen LogP contribution in [0.15, 0.2) is 4.52 Å². The zero-order chi connectivity index (χ0) is 14.8. The molecule has 0 saturated carbocycles. The van der Waals surface area contributed by atoms with E-state index in [2.05, 4.69) is 54.6 Å². The van der Waals surface area contributed by atoms with Crippen LogP contribution in [0.1, 0.15) is 58.8 Å². The van der Waals surface area contributed by atoms with Gasteiger partial charge >= 0.3 is 0 Å². The summed E-state index contributed by atoms with van der Waals surface area (Å²) in [7, 11) is 0. The van der Waals surface area contributed by atoms with Crippen LogP contribution < -0.4 is 0 Å². The molecule has 1 aromatic rings. The Morgan fingerprint density at radius 3 is 2.35 bits per heavy atom.